The number of fused-ring (bicyclic) bond motifs is 2. The first-order valence-electron chi connectivity index (χ1n) is 8.77. The van der Waals surface area contributed by atoms with Gasteiger partial charge in [-0.3, -0.25) is 9.59 Å². The predicted octanol–water partition coefficient (Wildman–Crippen LogP) is 3.13. The summed E-state index contributed by atoms with van der Waals surface area (Å²) in [6.45, 7) is 4.12. The molecule has 3 rings (SSSR count). The molecule has 4 unspecified atom stereocenters. The quantitative estimate of drug-likeness (QED) is 0.839. The molecule has 2 aliphatic carbocycles. The third-order valence-corrected chi connectivity index (χ3v) is 5.62. The summed E-state index contributed by atoms with van der Waals surface area (Å²) in [7, 11) is 0. The smallest absolute Gasteiger partial charge is 0.313 e. The summed E-state index contributed by atoms with van der Waals surface area (Å²) in [5.41, 5.74) is 1.87. The lowest BCUT2D eigenvalue weighted by atomic mass is 9.84. The number of amides is 2. The SMILES string of the molecule is CCc1ccc(NC(=O)C(=O)NC(C)C2CC3CCC2C3)cc1. The van der Waals surface area contributed by atoms with Gasteiger partial charge in [-0.1, -0.05) is 25.5 Å². The highest BCUT2D eigenvalue weighted by molar-refractivity contribution is 6.39. The van der Waals surface area contributed by atoms with Crippen molar-refractivity contribution in [1.82, 2.24) is 5.32 Å². The maximum Gasteiger partial charge on any atom is 0.313 e. The Morgan fingerprint density at radius 3 is 2.43 bits per heavy atom. The Labute approximate surface area is 138 Å². The summed E-state index contributed by atoms with van der Waals surface area (Å²) in [4.78, 5) is 24.2. The van der Waals surface area contributed by atoms with E-state index >= 15 is 0 Å². The monoisotopic (exact) mass is 314 g/mol. The van der Waals surface area contributed by atoms with Gasteiger partial charge in [-0.05, 0) is 68.1 Å². The second-order valence-corrected chi connectivity index (χ2v) is 7.11. The molecule has 0 aliphatic heterocycles. The molecule has 0 heterocycles. The molecule has 2 aliphatic rings. The van der Waals surface area contributed by atoms with Crippen LogP contribution in [0.5, 0.6) is 0 Å². The molecule has 4 atom stereocenters. The maximum absolute atomic E-state index is 12.1. The van der Waals surface area contributed by atoms with E-state index in [2.05, 4.69) is 17.6 Å². The third kappa shape index (κ3) is 3.57. The lowest BCUT2D eigenvalue weighted by Gasteiger charge is -2.28. The molecule has 1 aromatic rings. The van der Waals surface area contributed by atoms with E-state index in [9.17, 15) is 9.59 Å². The minimum absolute atomic E-state index is 0.0750. The zero-order valence-electron chi connectivity index (χ0n) is 14.0. The Hall–Kier alpha value is -1.84. The van der Waals surface area contributed by atoms with Crippen molar-refractivity contribution in [2.75, 3.05) is 5.32 Å². The van der Waals surface area contributed by atoms with Crippen LogP contribution in [0, 0.1) is 17.8 Å². The molecule has 2 bridgehead atoms. The Morgan fingerprint density at radius 2 is 1.87 bits per heavy atom. The fourth-order valence-electron chi connectivity index (χ4n) is 4.30. The van der Waals surface area contributed by atoms with E-state index in [1.807, 2.05) is 31.2 Å². The van der Waals surface area contributed by atoms with Crippen molar-refractivity contribution in [2.45, 2.75) is 52.0 Å². The minimum Gasteiger partial charge on any atom is -0.345 e. The molecule has 2 N–H and O–H groups in total. The minimum atomic E-state index is -0.579. The van der Waals surface area contributed by atoms with Crippen LogP contribution in [0.1, 0.15) is 45.1 Å². The number of hydrogen-bond acceptors (Lipinski definition) is 2. The summed E-state index contributed by atoms with van der Waals surface area (Å²) in [6.07, 6.45) is 6.09. The second-order valence-electron chi connectivity index (χ2n) is 7.11. The highest BCUT2D eigenvalue weighted by Gasteiger charge is 2.42. The van der Waals surface area contributed by atoms with Crippen LogP contribution >= 0.6 is 0 Å². The van der Waals surface area contributed by atoms with E-state index in [4.69, 9.17) is 0 Å². The number of anilines is 1. The van der Waals surface area contributed by atoms with Crippen LogP contribution in [0.3, 0.4) is 0 Å². The van der Waals surface area contributed by atoms with Gasteiger partial charge in [0.15, 0.2) is 0 Å². The van der Waals surface area contributed by atoms with Gasteiger partial charge in [0, 0.05) is 11.7 Å². The molecule has 0 radical (unpaired) electrons. The van der Waals surface area contributed by atoms with Crippen molar-refractivity contribution >= 4 is 17.5 Å². The molecular weight excluding hydrogens is 288 g/mol. The van der Waals surface area contributed by atoms with E-state index in [-0.39, 0.29) is 6.04 Å². The molecule has 0 spiro atoms. The van der Waals surface area contributed by atoms with Gasteiger partial charge in [0.1, 0.15) is 0 Å². The zero-order valence-corrected chi connectivity index (χ0v) is 14.0. The molecule has 4 nitrogen and oxygen atoms in total. The van der Waals surface area contributed by atoms with Gasteiger partial charge in [-0.15, -0.1) is 0 Å². The van der Waals surface area contributed by atoms with Crippen LogP contribution in [0.4, 0.5) is 5.69 Å². The number of hydrogen-bond donors (Lipinski definition) is 2. The number of aryl methyl sites for hydroxylation is 1. The molecule has 1 aromatic carbocycles. The van der Waals surface area contributed by atoms with Gasteiger partial charge in [-0.2, -0.15) is 0 Å². The molecule has 0 saturated heterocycles. The lowest BCUT2D eigenvalue weighted by Crippen LogP contribution is -2.45. The Balaban J connectivity index is 1.51. The highest BCUT2D eigenvalue weighted by atomic mass is 16.2. The number of carbonyl (C=O) groups is 2. The zero-order chi connectivity index (χ0) is 16.4. The van der Waals surface area contributed by atoms with E-state index in [0.29, 0.717) is 11.6 Å². The average Bonchev–Trinajstić information content (AvgIpc) is 3.18. The molecule has 4 heteroatoms. The summed E-state index contributed by atoms with van der Waals surface area (Å²) < 4.78 is 0. The maximum atomic E-state index is 12.1. The molecule has 2 amide bonds. The predicted molar refractivity (Wildman–Crippen MR) is 91.0 cm³/mol. The van der Waals surface area contributed by atoms with Crippen LogP contribution in [0.25, 0.3) is 0 Å². The summed E-state index contributed by atoms with van der Waals surface area (Å²) in [5, 5.41) is 5.57. The fraction of sp³-hybridized carbons (Fsp3) is 0.579. The van der Waals surface area contributed by atoms with Gasteiger partial charge < -0.3 is 10.6 Å². The molecular formula is C19H26N2O2. The van der Waals surface area contributed by atoms with E-state index in [1.54, 1.807) is 0 Å². The van der Waals surface area contributed by atoms with Crippen LogP contribution in [0.2, 0.25) is 0 Å². The molecule has 124 valence electrons. The summed E-state index contributed by atoms with van der Waals surface area (Å²) in [6, 6.07) is 7.68. The Bertz CT molecular complexity index is 582. The normalized spacial score (nSPS) is 26.8. The Kier molecular flexibility index (Phi) is 4.69. The largest absolute Gasteiger partial charge is 0.345 e. The first-order chi connectivity index (χ1) is 11.1. The van der Waals surface area contributed by atoms with Crippen molar-refractivity contribution in [1.29, 1.82) is 0 Å². The van der Waals surface area contributed by atoms with Crippen molar-refractivity contribution in [3.05, 3.63) is 29.8 Å². The number of carbonyl (C=O) groups excluding carboxylic acids is 2. The first kappa shape index (κ1) is 16.0. The van der Waals surface area contributed by atoms with Gasteiger partial charge in [0.05, 0.1) is 0 Å². The van der Waals surface area contributed by atoms with Gasteiger partial charge in [0.25, 0.3) is 0 Å². The van der Waals surface area contributed by atoms with Crippen molar-refractivity contribution in [3.63, 3.8) is 0 Å². The molecule has 2 fully saturated rings. The van der Waals surface area contributed by atoms with Crippen molar-refractivity contribution in [3.8, 4) is 0 Å². The average molecular weight is 314 g/mol. The first-order valence-corrected chi connectivity index (χ1v) is 8.77. The lowest BCUT2D eigenvalue weighted by molar-refractivity contribution is -0.136. The molecule has 2 saturated carbocycles. The molecule has 0 aromatic heterocycles. The van der Waals surface area contributed by atoms with Gasteiger partial charge >= 0.3 is 11.8 Å². The van der Waals surface area contributed by atoms with E-state index < -0.39 is 11.8 Å². The fourth-order valence-corrected chi connectivity index (χ4v) is 4.30. The van der Waals surface area contributed by atoms with E-state index in [0.717, 1.165) is 18.3 Å². The van der Waals surface area contributed by atoms with Crippen LogP contribution in [-0.2, 0) is 16.0 Å². The number of rotatable bonds is 4. The summed E-state index contributed by atoms with van der Waals surface area (Å²) >= 11 is 0. The topological polar surface area (TPSA) is 58.2 Å². The third-order valence-electron chi connectivity index (χ3n) is 5.62. The van der Waals surface area contributed by atoms with Crippen LogP contribution in [0.15, 0.2) is 24.3 Å². The summed E-state index contributed by atoms with van der Waals surface area (Å²) in [5.74, 6) is 1.01. The highest BCUT2D eigenvalue weighted by Crippen LogP contribution is 2.49. The van der Waals surface area contributed by atoms with Crippen molar-refractivity contribution in [2.24, 2.45) is 17.8 Å². The number of nitrogens with one attached hydrogen (secondary N) is 2. The van der Waals surface area contributed by atoms with Crippen LogP contribution in [-0.4, -0.2) is 17.9 Å². The van der Waals surface area contributed by atoms with Gasteiger partial charge in [0.2, 0.25) is 0 Å². The molecule has 23 heavy (non-hydrogen) atoms. The standard InChI is InChI=1S/C19H26N2O2/c1-3-13-5-8-16(9-6-13)21-19(23)18(22)20-12(2)17-11-14-4-7-15(17)10-14/h5-6,8-9,12,14-15,17H,3-4,7,10-11H2,1-2H3,(H,20,22)(H,21,23). The van der Waals surface area contributed by atoms with E-state index in [1.165, 1.54) is 31.2 Å². The van der Waals surface area contributed by atoms with Gasteiger partial charge in [-0.25, -0.2) is 0 Å². The van der Waals surface area contributed by atoms with Crippen LogP contribution < -0.4 is 10.6 Å². The number of benzene rings is 1. The Morgan fingerprint density at radius 1 is 1.13 bits per heavy atom. The second kappa shape index (κ2) is 6.73. The van der Waals surface area contributed by atoms with Crippen molar-refractivity contribution < 1.29 is 9.59 Å².